The third kappa shape index (κ3) is 5.58. The van der Waals surface area contributed by atoms with Gasteiger partial charge in [-0.05, 0) is 48.9 Å². The molecular weight excluding hydrogens is 451 g/mol. The molecule has 0 spiro atoms. The van der Waals surface area contributed by atoms with Gasteiger partial charge in [0.25, 0.3) is 5.91 Å². The van der Waals surface area contributed by atoms with Gasteiger partial charge in [0.1, 0.15) is 12.4 Å². The van der Waals surface area contributed by atoms with Crippen molar-refractivity contribution >= 4 is 39.5 Å². The summed E-state index contributed by atoms with van der Waals surface area (Å²) in [5, 5.41) is 0. The first-order chi connectivity index (χ1) is 15.9. The molecule has 1 aromatic heterocycles. The number of benzene rings is 2. The topological polar surface area (TPSA) is 88.4 Å². The van der Waals surface area contributed by atoms with E-state index in [-0.39, 0.29) is 18.0 Å². The third-order valence-electron chi connectivity index (χ3n) is 4.55. The van der Waals surface area contributed by atoms with Crippen LogP contribution >= 0.6 is 11.3 Å². The number of methoxy groups -OCH3 is 3. The summed E-state index contributed by atoms with van der Waals surface area (Å²) in [4.78, 5) is 29.0. The second-order valence-electron chi connectivity index (χ2n) is 6.63. The second-order valence-corrected chi connectivity index (χ2v) is 7.64. The molecule has 10 heteroatoms. The van der Waals surface area contributed by atoms with Crippen LogP contribution in [0.25, 0.3) is 16.3 Å². The fourth-order valence-corrected chi connectivity index (χ4v) is 4.18. The Hall–Kier alpha value is -3.66. The standard InChI is InChI=1S/C23H23FN2O6S/c1-5-32-21(28)13-26-16-8-7-15(24)12-19(16)33-23(26)25-20(27)9-6-14-10-17(29-2)22(31-4)18(11-14)30-3/h6-12H,5,13H2,1-4H3. The summed E-state index contributed by atoms with van der Waals surface area (Å²) >= 11 is 1.10. The third-order valence-corrected chi connectivity index (χ3v) is 5.59. The number of carbonyl (C=O) groups excluding carboxylic acids is 2. The number of carbonyl (C=O) groups is 2. The lowest BCUT2D eigenvalue weighted by atomic mass is 10.1. The molecule has 8 nitrogen and oxygen atoms in total. The molecule has 1 heterocycles. The minimum absolute atomic E-state index is 0.151. The molecule has 0 saturated carbocycles. The molecule has 0 radical (unpaired) electrons. The van der Waals surface area contributed by atoms with E-state index < -0.39 is 17.7 Å². The predicted molar refractivity (Wildman–Crippen MR) is 122 cm³/mol. The zero-order valence-electron chi connectivity index (χ0n) is 18.6. The van der Waals surface area contributed by atoms with Gasteiger partial charge in [0.2, 0.25) is 5.75 Å². The van der Waals surface area contributed by atoms with Gasteiger partial charge in [0.05, 0.1) is 38.2 Å². The normalized spacial score (nSPS) is 11.7. The SMILES string of the molecule is CCOC(=O)Cn1c(=NC(=O)C=Cc2cc(OC)c(OC)c(OC)c2)sc2cc(F)ccc21. The first-order valence-electron chi connectivity index (χ1n) is 9.91. The van der Waals surface area contributed by atoms with Crippen molar-refractivity contribution in [1.29, 1.82) is 0 Å². The molecule has 0 fully saturated rings. The van der Waals surface area contributed by atoms with Gasteiger partial charge in [0, 0.05) is 6.08 Å². The average molecular weight is 475 g/mol. The lowest BCUT2D eigenvalue weighted by Gasteiger charge is -2.12. The molecule has 0 N–H and O–H groups in total. The van der Waals surface area contributed by atoms with Crippen molar-refractivity contribution in [2.24, 2.45) is 4.99 Å². The number of thiazole rings is 1. The van der Waals surface area contributed by atoms with Crippen molar-refractivity contribution in [2.45, 2.75) is 13.5 Å². The highest BCUT2D eigenvalue weighted by atomic mass is 32.1. The Morgan fingerprint density at radius 3 is 2.39 bits per heavy atom. The number of amides is 1. The maximum Gasteiger partial charge on any atom is 0.326 e. The van der Waals surface area contributed by atoms with Crippen molar-refractivity contribution in [3.63, 3.8) is 0 Å². The molecule has 0 atom stereocenters. The average Bonchev–Trinajstić information content (AvgIpc) is 3.12. The van der Waals surface area contributed by atoms with Gasteiger partial charge in [-0.2, -0.15) is 4.99 Å². The fraction of sp³-hybridized carbons (Fsp3) is 0.261. The Bertz CT molecular complexity index is 1250. The number of rotatable bonds is 8. The number of fused-ring (bicyclic) bond motifs is 1. The Labute approximate surface area is 193 Å². The summed E-state index contributed by atoms with van der Waals surface area (Å²) in [5.74, 6) is -0.144. The minimum atomic E-state index is -0.562. The molecule has 0 bridgehead atoms. The van der Waals surface area contributed by atoms with E-state index in [1.807, 2.05) is 0 Å². The van der Waals surface area contributed by atoms with E-state index >= 15 is 0 Å². The van der Waals surface area contributed by atoms with Crippen LogP contribution in [0.4, 0.5) is 4.39 Å². The first-order valence-corrected chi connectivity index (χ1v) is 10.7. The van der Waals surface area contributed by atoms with E-state index in [0.29, 0.717) is 33.0 Å². The number of aromatic nitrogens is 1. The van der Waals surface area contributed by atoms with Gasteiger partial charge in [-0.3, -0.25) is 9.59 Å². The van der Waals surface area contributed by atoms with Crippen LogP contribution in [0, 0.1) is 5.82 Å². The molecule has 0 aliphatic rings. The van der Waals surface area contributed by atoms with E-state index in [2.05, 4.69) is 4.99 Å². The van der Waals surface area contributed by atoms with Crippen LogP contribution < -0.4 is 19.0 Å². The summed E-state index contributed by atoms with van der Waals surface area (Å²) in [5.41, 5.74) is 1.21. The highest BCUT2D eigenvalue weighted by molar-refractivity contribution is 7.16. The molecule has 3 aromatic rings. The second kappa shape index (κ2) is 10.8. The zero-order valence-corrected chi connectivity index (χ0v) is 19.4. The van der Waals surface area contributed by atoms with Crippen LogP contribution in [0.15, 0.2) is 41.4 Å². The van der Waals surface area contributed by atoms with Crippen molar-refractivity contribution in [3.05, 3.63) is 52.6 Å². The number of ether oxygens (including phenoxy) is 4. The molecule has 2 aromatic carbocycles. The van der Waals surface area contributed by atoms with Crippen LogP contribution in [0.2, 0.25) is 0 Å². The molecule has 3 rings (SSSR count). The lowest BCUT2D eigenvalue weighted by Crippen LogP contribution is -2.22. The molecule has 174 valence electrons. The van der Waals surface area contributed by atoms with Crippen LogP contribution in [0.3, 0.4) is 0 Å². The number of hydrogen-bond acceptors (Lipinski definition) is 7. The Morgan fingerprint density at radius 1 is 1.09 bits per heavy atom. The summed E-state index contributed by atoms with van der Waals surface area (Å²) < 4.78 is 36.7. The van der Waals surface area contributed by atoms with Crippen molar-refractivity contribution in [2.75, 3.05) is 27.9 Å². The number of hydrogen-bond donors (Lipinski definition) is 0. The van der Waals surface area contributed by atoms with Crippen LogP contribution in [0.5, 0.6) is 17.2 Å². The molecule has 0 aliphatic heterocycles. The molecule has 0 unspecified atom stereocenters. The van der Waals surface area contributed by atoms with Crippen molar-refractivity contribution in [1.82, 2.24) is 4.57 Å². The smallest absolute Gasteiger partial charge is 0.326 e. The highest BCUT2D eigenvalue weighted by Gasteiger charge is 2.14. The molecule has 33 heavy (non-hydrogen) atoms. The van der Waals surface area contributed by atoms with Crippen molar-refractivity contribution in [3.8, 4) is 17.2 Å². The van der Waals surface area contributed by atoms with E-state index in [1.54, 1.807) is 25.1 Å². The quantitative estimate of drug-likeness (QED) is 0.366. The molecule has 0 aliphatic carbocycles. The maximum absolute atomic E-state index is 13.7. The maximum atomic E-state index is 13.7. The van der Waals surface area contributed by atoms with Gasteiger partial charge < -0.3 is 23.5 Å². The fourth-order valence-electron chi connectivity index (χ4n) is 3.12. The monoisotopic (exact) mass is 474 g/mol. The van der Waals surface area contributed by atoms with Gasteiger partial charge in [-0.15, -0.1) is 0 Å². The van der Waals surface area contributed by atoms with Crippen LogP contribution in [-0.2, 0) is 20.9 Å². The molecule has 1 amide bonds. The lowest BCUT2D eigenvalue weighted by molar-refractivity contribution is -0.143. The summed E-state index contributed by atoms with van der Waals surface area (Å²) in [6.07, 6.45) is 2.83. The van der Waals surface area contributed by atoms with Crippen LogP contribution in [0.1, 0.15) is 12.5 Å². The largest absolute Gasteiger partial charge is 0.493 e. The predicted octanol–water partition coefficient (Wildman–Crippen LogP) is 3.57. The van der Waals surface area contributed by atoms with Gasteiger partial charge in [-0.25, -0.2) is 4.39 Å². The molecular formula is C23H23FN2O6S. The van der Waals surface area contributed by atoms with E-state index in [1.165, 1.54) is 50.2 Å². The summed E-state index contributed by atoms with van der Waals surface area (Å²) in [6.45, 7) is 1.77. The summed E-state index contributed by atoms with van der Waals surface area (Å²) in [6, 6.07) is 7.53. The number of halogens is 1. The first kappa shape index (κ1) is 24.0. The number of esters is 1. The Kier molecular flexibility index (Phi) is 7.83. The van der Waals surface area contributed by atoms with E-state index in [4.69, 9.17) is 18.9 Å². The highest BCUT2D eigenvalue weighted by Crippen LogP contribution is 2.38. The molecule has 0 saturated heterocycles. The van der Waals surface area contributed by atoms with Crippen LogP contribution in [-0.4, -0.2) is 44.4 Å². The zero-order chi connectivity index (χ0) is 24.0. The van der Waals surface area contributed by atoms with Crippen molar-refractivity contribution < 1.29 is 32.9 Å². The minimum Gasteiger partial charge on any atom is -0.493 e. The van der Waals surface area contributed by atoms with Gasteiger partial charge in [-0.1, -0.05) is 11.3 Å². The van der Waals surface area contributed by atoms with E-state index in [0.717, 1.165) is 11.3 Å². The Balaban J connectivity index is 1.98. The van der Waals surface area contributed by atoms with Gasteiger partial charge in [0.15, 0.2) is 16.3 Å². The van der Waals surface area contributed by atoms with E-state index in [9.17, 15) is 14.0 Å². The van der Waals surface area contributed by atoms with Gasteiger partial charge >= 0.3 is 5.97 Å². The Morgan fingerprint density at radius 2 is 1.79 bits per heavy atom. The summed E-state index contributed by atoms with van der Waals surface area (Å²) in [7, 11) is 4.50. The number of nitrogens with zero attached hydrogens (tertiary/aromatic N) is 2.